The van der Waals surface area contributed by atoms with Crippen LogP contribution in [0.2, 0.25) is 5.02 Å². The van der Waals surface area contributed by atoms with Crippen LogP contribution in [0.4, 0.5) is 5.69 Å². The molecule has 3 aromatic rings. The summed E-state index contributed by atoms with van der Waals surface area (Å²) in [7, 11) is -2.21. The van der Waals surface area contributed by atoms with Crippen LogP contribution in [0.25, 0.3) is 0 Å². The van der Waals surface area contributed by atoms with Crippen molar-refractivity contribution in [3.05, 3.63) is 82.9 Å². The summed E-state index contributed by atoms with van der Waals surface area (Å²) in [4.78, 5) is 14.7. The largest absolute Gasteiger partial charge is 0.497 e. The summed E-state index contributed by atoms with van der Waals surface area (Å²) in [6.07, 6.45) is 0.0184. The van der Waals surface area contributed by atoms with E-state index in [1.807, 2.05) is 24.3 Å². The topological polar surface area (TPSA) is 84.9 Å². The predicted molar refractivity (Wildman–Crippen MR) is 131 cm³/mol. The first-order chi connectivity index (χ1) is 16.2. The van der Waals surface area contributed by atoms with Gasteiger partial charge in [0.15, 0.2) is 6.10 Å². The zero-order valence-corrected chi connectivity index (χ0v) is 20.4. The lowest BCUT2D eigenvalue weighted by molar-refractivity contribution is -0.137. The Balaban J connectivity index is 1.53. The molecule has 1 atom stereocenters. The smallest absolute Gasteiger partial charge is 0.263 e. The first-order valence-electron chi connectivity index (χ1n) is 10.7. The van der Waals surface area contributed by atoms with Crippen molar-refractivity contribution in [2.75, 3.05) is 18.4 Å². The van der Waals surface area contributed by atoms with Gasteiger partial charge in [0, 0.05) is 29.4 Å². The molecule has 0 saturated heterocycles. The van der Waals surface area contributed by atoms with E-state index in [1.165, 1.54) is 12.1 Å². The highest BCUT2D eigenvalue weighted by molar-refractivity contribution is 7.92. The van der Waals surface area contributed by atoms with Gasteiger partial charge in [0.2, 0.25) is 0 Å². The number of carbonyl (C=O) groups excluding carboxylic acids is 1. The van der Waals surface area contributed by atoms with Crippen molar-refractivity contribution in [1.29, 1.82) is 0 Å². The van der Waals surface area contributed by atoms with E-state index in [-0.39, 0.29) is 10.8 Å². The van der Waals surface area contributed by atoms with Gasteiger partial charge in [0.05, 0.1) is 12.0 Å². The highest BCUT2D eigenvalue weighted by Gasteiger charge is 2.28. The third kappa shape index (κ3) is 5.46. The Morgan fingerprint density at radius 2 is 1.88 bits per heavy atom. The van der Waals surface area contributed by atoms with Crippen LogP contribution in [0.15, 0.2) is 71.6 Å². The molecule has 3 aromatic carbocycles. The van der Waals surface area contributed by atoms with Gasteiger partial charge in [-0.1, -0.05) is 29.8 Å². The van der Waals surface area contributed by atoms with Crippen molar-refractivity contribution in [1.82, 2.24) is 4.90 Å². The Morgan fingerprint density at radius 1 is 1.12 bits per heavy atom. The van der Waals surface area contributed by atoms with Crippen molar-refractivity contribution in [3.8, 4) is 11.5 Å². The maximum Gasteiger partial charge on any atom is 0.263 e. The molecule has 0 aromatic heterocycles. The standard InChI is InChI=1S/C25H25ClN2O5S/c1-17-25(29)28(13-12-18-6-9-22(32-2)10-7-18)16-19-14-21(8-11-24(19)33-17)27-34(30,31)23-5-3-4-20(26)15-23/h3-11,14-15,17,27H,12-13,16H2,1-2H3/t17-/m0/s1. The van der Waals surface area contributed by atoms with Crippen molar-refractivity contribution in [2.45, 2.75) is 30.9 Å². The van der Waals surface area contributed by atoms with E-state index in [4.69, 9.17) is 21.1 Å². The maximum atomic E-state index is 12.9. The van der Waals surface area contributed by atoms with Gasteiger partial charge < -0.3 is 14.4 Å². The van der Waals surface area contributed by atoms with Crippen molar-refractivity contribution in [3.63, 3.8) is 0 Å². The summed E-state index contributed by atoms with van der Waals surface area (Å²) in [5, 5.41) is 0.332. The molecule has 4 rings (SSSR count). The number of halogens is 1. The third-order valence-electron chi connectivity index (χ3n) is 5.57. The monoisotopic (exact) mass is 500 g/mol. The van der Waals surface area contributed by atoms with Crippen LogP contribution in [-0.4, -0.2) is 39.0 Å². The molecule has 0 saturated carbocycles. The van der Waals surface area contributed by atoms with E-state index in [1.54, 1.807) is 49.3 Å². The number of fused-ring (bicyclic) bond motifs is 1. The number of methoxy groups -OCH3 is 1. The fourth-order valence-electron chi connectivity index (χ4n) is 3.76. The molecular weight excluding hydrogens is 476 g/mol. The van der Waals surface area contributed by atoms with E-state index in [9.17, 15) is 13.2 Å². The van der Waals surface area contributed by atoms with Gasteiger partial charge in [-0.15, -0.1) is 0 Å². The highest BCUT2D eigenvalue weighted by atomic mass is 35.5. The second kappa shape index (κ2) is 9.95. The van der Waals surface area contributed by atoms with Crippen LogP contribution in [-0.2, 0) is 27.8 Å². The minimum atomic E-state index is -3.82. The number of hydrogen-bond acceptors (Lipinski definition) is 5. The van der Waals surface area contributed by atoms with Crippen molar-refractivity contribution in [2.24, 2.45) is 0 Å². The summed E-state index contributed by atoms with van der Waals surface area (Å²) in [5.41, 5.74) is 2.17. The Morgan fingerprint density at radius 3 is 2.59 bits per heavy atom. The molecule has 9 heteroatoms. The molecule has 34 heavy (non-hydrogen) atoms. The average molecular weight is 501 g/mol. The van der Waals surface area contributed by atoms with Crippen LogP contribution in [0.3, 0.4) is 0 Å². The SMILES string of the molecule is COc1ccc(CCN2Cc3cc(NS(=O)(=O)c4cccc(Cl)c4)ccc3O[C@@H](C)C2=O)cc1. The molecule has 1 heterocycles. The summed E-state index contributed by atoms with van der Waals surface area (Å²) in [6, 6.07) is 18.8. The van der Waals surface area contributed by atoms with Gasteiger partial charge in [0.25, 0.3) is 15.9 Å². The minimum Gasteiger partial charge on any atom is -0.497 e. The molecule has 0 unspecified atom stereocenters. The molecule has 1 N–H and O–H groups in total. The van der Waals surface area contributed by atoms with Crippen molar-refractivity contribution < 1.29 is 22.7 Å². The molecule has 1 aliphatic heterocycles. The Kier molecular flexibility index (Phi) is 7.00. The second-order valence-electron chi connectivity index (χ2n) is 8.00. The Labute approximate surface area is 204 Å². The zero-order valence-electron chi connectivity index (χ0n) is 18.8. The number of ether oxygens (including phenoxy) is 2. The van der Waals surface area contributed by atoms with E-state index in [0.29, 0.717) is 36.0 Å². The van der Waals surface area contributed by atoms with E-state index in [2.05, 4.69) is 4.72 Å². The highest BCUT2D eigenvalue weighted by Crippen LogP contribution is 2.30. The van der Waals surface area contributed by atoms with Crippen molar-refractivity contribution >= 4 is 33.2 Å². The number of rotatable bonds is 7. The van der Waals surface area contributed by atoms with Gasteiger partial charge in [0.1, 0.15) is 11.5 Å². The quantitative estimate of drug-likeness (QED) is 0.516. The van der Waals surface area contributed by atoms with Gasteiger partial charge >= 0.3 is 0 Å². The van der Waals surface area contributed by atoms with Gasteiger partial charge in [-0.05, 0) is 67.4 Å². The molecule has 7 nitrogen and oxygen atoms in total. The molecule has 0 fully saturated rings. The van der Waals surface area contributed by atoms with Crippen LogP contribution in [0, 0.1) is 0 Å². The summed E-state index contributed by atoms with van der Waals surface area (Å²) in [5.74, 6) is 1.21. The number of anilines is 1. The third-order valence-corrected chi connectivity index (χ3v) is 7.19. The van der Waals surface area contributed by atoms with Crippen LogP contribution >= 0.6 is 11.6 Å². The van der Waals surface area contributed by atoms with Gasteiger partial charge in [-0.25, -0.2) is 8.42 Å². The lowest BCUT2D eigenvalue weighted by atomic mass is 10.1. The van der Waals surface area contributed by atoms with Gasteiger partial charge in [-0.3, -0.25) is 9.52 Å². The number of benzene rings is 3. The number of amides is 1. The first kappa shape index (κ1) is 23.9. The van der Waals surface area contributed by atoms with Crippen LogP contribution in [0.5, 0.6) is 11.5 Å². The van der Waals surface area contributed by atoms with E-state index < -0.39 is 16.1 Å². The number of sulfonamides is 1. The summed E-state index contributed by atoms with van der Waals surface area (Å²) in [6.45, 7) is 2.52. The second-order valence-corrected chi connectivity index (χ2v) is 10.1. The van der Waals surface area contributed by atoms with Gasteiger partial charge in [-0.2, -0.15) is 0 Å². The Bertz CT molecular complexity index is 1290. The number of carbonyl (C=O) groups is 1. The van der Waals surface area contributed by atoms with Crippen LogP contribution in [0.1, 0.15) is 18.1 Å². The fourth-order valence-corrected chi connectivity index (χ4v) is 5.11. The summed E-state index contributed by atoms with van der Waals surface area (Å²) >= 11 is 5.95. The van der Waals surface area contributed by atoms with E-state index in [0.717, 1.165) is 16.9 Å². The first-order valence-corrected chi connectivity index (χ1v) is 12.6. The van der Waals surface area contributed by atoms with E-state index >= 15 is 0 Å². The molecule has 0 aliphatic carbocycles. The normalized spacial score (nSPS) is 15.8. The minimum absolute atomic E-state index is 0.0658. The molecule has 1 aliphatic rings. The lowest BCUT2D eigenvalue weighted by Gasteiger charge is -2.22. The zero-order chi connectivity index (χ0) is 24.3. The lowest BCUT2D eigenvalue weighted by Crippen LogP contribution is -2.39. The number of hydrogen-bond donors (Lipinski definition) is 1. The average Bonchev–Trinajstić information content (AvgIpc) is 2.93. The Hall–Kier alpha value is -3.23. The molecule has 0 radical (unpaired) electrons. The molecular formula is C25H25ClN2O5S. The van der Waals surface area contributed by atoms with Crippen LogP contribution < -0.4 is 14.2 Å². The predicted octanol–water partition coefficient (Wildman–Crippen LogP) is 4.50. The fraction of sp³-hybridized carbons (Fsp3) is 0.240. The molecule has 1 amide bonds. The maximum absolute atomic E-state index is 12.9. The number of nitrogens with one attached hydrogen (secondary N) is 1. The molecule has 178 valence electrons. The summed E-state index contributed by atoms with van der Waals surface area (Å²) < 4.78 is 39.2. The molecule has 0 spiro atoms. The molecule has 0 bridgehead atoms. The number of nitrogens with zero attached hydrogens (tertiary/aromatic N) is 1.